The van der Waals surface area contributed by atoms with Crippen molar-refractivity contribution in [1.29, 1.82) is 0 Å². The number of aryl methyl sites for hydroxylation is 1. The maximum atomic E-state index is 14.0. The number of alkyl carbamates (subject to hydrolysis) is 2. The Kier molecular flexibility index (Phi) is 11.5. The number of hydrogen-bond donors (Lipinski definition) is 3. The first-order valence-corrected chi connectivity index (χ1v) is 19.1. The van der Waals surface area contributed by atoms with Crippen LogP contribution >= 0.6 is 11.8 Å². The van der Waals surface area contributed by atoms with Gasteiger partial charge >= 0.3 is 12.2 Å². The third kappa shape index (κ3) is 8.87. The van der Waals surface area contributed by atoms with Gasteiger partial charge in [0.15, 0.2) is 0 Å². The summed E-state index contributed by atoms with van der Waals surface area (Å²) < 4.78 is 11.1. The predicted molar refractivity (Wildman–Crippen MR) is 198 cm³/mol. The highest BCUT2D eigenvalue weighted by Crippen LogP contribution is 2.44. The summed E-state index contributed by atoms with van der Waals surface area (Å²) in [6, 6.07) is 22.9. The molecule has 3 unspecified atom stereocenters. The molecule has 6 rings (SSSR count). The summed E-state index contributed by atoms with van der Waals surface area (Å²) in [5.74, 6) is 0.309. The summed E-state index contributed by atoms with van der Waals surface area (Å²) in [6.45, 7) is 5.86. The van der Waals surface area contributed by atoms with Crippen molar-refractivity contribution in [2.24, 2.45) is 0 Å². The quantitative estimate of drug-likeness (QED) is 0.189. The number of ether oxygens (including phenoxy) is 2. The zero-order chi connectivity index (χ0) is 36.0. The van der Waals surface area contributed by atoms with Gasteiger partial charge in [0.2, 0.25) is 11.8 Å². The highest BCUT2D eigenvalue weighted by atomic mass is 32.2. The van der Waals surface area contributed by atoms with E-state index in [4.69, 9.17) is 9.47 Å². The Bertz CT molecular complexity index is 1700. The average Bonchev–Trinajstić information content (AvgIpc) is 3.73. The maximum absolute atomic E-state index is 14.0. The van der Waals surface area contributed by atoms with Crippen LogP contribution in [0.2, 0.25) is 0 Å². The summed E-state index contributed by atoms with van der Waals surface area (Å²) in [5.41, 5.74) is 6.27. The second-order valence-electron chi connectivity index (χ2n) is 14.4. The van der Waals surface area contributed by atoms with Gasteiger partial charge in [-0.3, -0.25) is 9.59 Å². The van der Waals surface area contributed by atoms with Gasteiger partial charge in [-0.1, -0.05) is 72.8 Å². The minimum Gasteiger partial charge on any atom is -0.449 e. The Morgan fingerprint density at radius 3 is 2.25 bits per heavy atom. The molecule has 1 heterocycles. The van der Waals surface area contributed by atoms with Gasteiger partial charge in [0, 0.05) is 18.2 Å². The molecule has 11 heteroatoms. The molecule has 51 heavy (non-hydrogen) atoms. The van der Waals surface area contributed by atoms with Gasteiger partial charge in [-0.25, -0.2) is 9.59 Å². The number of benzene rings is 3. The molecule has 0 aromatic heterocycles. The number of thioether (sulfide) groups is 1. The normalized spacial score (nSPS) is 18.5. The Labute approximate surface area is 304 Å². The Hall–Kier alpha value is -4.51. The van der Waals surface area contributed by atoms with Crippen LogP contribution in [0.1, 0.15) is 87.1 Å². The number of carbonyl (C=O) groups excluding carboxylic acids is 4. The van der Waals surface area contributed by atoms with E-state index >= 15 is 0 Å². The van der Waals surface area contributed by atoms with Crippen molar-refractivity contribution in [3.05, 3.63) is 95.1 Å². The van der Waals surface area contributed by atoms with Crippen LogP contribution in [0.25, 0.3) is 11.1 Å². The molecule has 0 saturated carbocycles. The van der Waals surface area contributed by atoms with E-state index in [0.717, 1.165) is 36.0 Å². The van der Waals surface area contributed by atoms with Crippen LogP contribution in [0, 0.1) is 0 Å². The highest BCUT2D eigenvalue weighted by Gasteiger charge is 2.39. The smallest absolute Gasteiger partial charge is 0.408 e. The summed E-state index contributed by atoms with van der Waals surface area (Å²) in [4.78, 5) is 54.7. The van der Waals surface area contributed by atoms with Crippen molar-refractivity contribution in [2.75, 3.05) is 24.8 Å². The molecule has 3 atom stereocenters. The van der Waals surface area contributed by atoms with E-state index in [1.165, 1.54) is 28.5 Å². The first-order chi connectivity index (χ1) is 24.6. The standard InChI is InChI=1S/C40H48N4O6S/c1-40(2,3)50-39(48)43-34(37(46)44-25-51-24-35(44)36(45)42-33-21-12-14-26-13-4-5-15-27(26)33)20-10-11-22-41-38(47)49-23-32-30-18-8-6-16-28(30)29-17-7-9-19-31(29)32/h4-9,13,15-19,32-35H,10-12,14,20-25H2,1-3H3,(H,41,47)(H,42,45)(H,43,48). The molecule has 10 nitrogen and oxygen atoms in total. The number of hydrogen-bond acceptors (Lipinski definition) is 7. The first kappa shape index (κ1) is 36.3. The number of nitrogens with one attached hydrogen (secondary N) is 3. The first-order valence-electron chi connectivity index (χ1n) is 17.9. The van der Waals surface area contributed by atoms with Gasteiger partial charge in [0.25, 0.3) is 0 Å². The second-order valence-corrected chi connectivity index (χ2v) is 15.4. The topological polar surface area (TPSA) is 126 Å². The Morgan fingerprint density at radius 1 is 0.882 bits per heavy atom. The van der Waals surface area contributed by atoms with Gasteiger partial charge in [0.05, 0.1) is 11.9 Å². The summed E-state index contributed by atoms with van der Waals surface area (Å²) >= 11 is 1.52. The Morgan fingerprint density at radius 2 is 1.55 bits per heavy atom. The van der Waals surface area contributed by atoms with Crippen LogP contribution in [0.5, 0.6) is 0 Å². The number of carbonyl (C=O) groups is 4. The van der Waals surface area contributed by atoms with Crippen LogP contribution in [0.15, 0.2) is 72.8 Å². The van der Waals surface area contributed by atoms with E-state index < -0.39 is 29.9 Å². The molecule has 0 spiro atoms. The molecule has 270 valence electrons. The zero-order valence-corrected chi connectivity index (χ0v) is 30.4. The molecule has 1 saturated heterocycles. The lowest BCUT2D eigenvalue weighted by Gasteiger charge is -2.31. The van der Waals surface area contributed by atoms with E-state index in [2.05, 4.69) is 52.3 Å². The third-order valence-corrected chi connectivity index (χ3v) is 10.7. The number of amides is 4. The zero-order valence-electron chi connectivity index (χ0n) is 29.6. The molecule has 4 amide bonds. The van der Waals surface area contributed by atoms with Crippen molar-refractivity contribution in [2.45, 2.75) is 88.9 Å². The maximum Gasteiger partial charge on any atom is 0.408 e. The van der Waals surface area contributed by atoms with E-state index in [0.29, 0.717) is 37.4 Å². The molecule has 1 fully saturated rings. The summed E-state index contributed by atoms with van der Waals surface area (Å²) in [6.07, 6.45) is 3.05. The molecule has 3 aromatic rings. The molecule has 3 N–H and O–H groups in total. The SMILES string of the molecule is CC(C)(C)OC(=O)NC(CCCCNC(=O)OCC1c2ccccc2-c2ccccc21)C(=O)N1CSCC1C(=O)NC1CCCc2ccccc21. The molecule has 0 bridgehead atoms. The minimum atomic E-state index is -0.890. The fourth-order valence-electron chi connectivity index (χ4n) is 7.27. The minimum absolute atomic E-state index is 0.0259. The van der Waals surface area contributed by atoms with Crippen LogP contribution in [-0.2, 0) is 25.5 Å². The number of nitrogens with zero attached hydrogens (tertiary/aromatic N) is 1. The van der Waals surface area contributed by atoms with Crippen molar-refractivity contribution >= 4 is 35.8 Å². The molecule has 0 radical (unpaired) electrons. The summed E-state index contributed by atoms with van der Waals surface area (Å²) in [7, 11) is 0. The highest BCUT2D eigenvalue weighted by molar-refractivity contribution is 7.99. The lowest BCUT2D eigenvalue weighted by molar-refractivity contribution is -0.140. The fraction of sp³-hybridized carbons (Fsp3) is 0.450. The van der Waals surface area contributed by atoms with Crippen LogP contribution in [-0.4, -0.2) is 71.4 Å². The lowest BCUT2D eigenvalue weighted by Crippen LogP contribution is -2.55. The summed E-state index contributed by atoms with van der Waals surface area (Å²) in [5, 5.41) is 8.80. The van der Waals surface area contributed by atoms with E-state index in [1.807, 2.05) is 36.4 Å². The third-order valence-electron chi connectivity index (χ3n) is 9.68. The van der Waals surface area contributed by atoms with Crippen molar-refractivity contribution < 1.29 is 28.7 Å². The van der Waals surface area contributed by atoms with Gasteiger partial charge in [-0.05, 0) is 92.7 Å². The largest absolute Gasteiger partial charge is 0.449 e. The van der Waals surface area contributed by atoms with Crippen LogP contribution < -0.4 is 16.0 Å². The van der Waals surface area contributed by atoms with Gasteiger partial charge in [-0.2, -0.15) is 0 Å². The van der Waals surface area contributed by atoms with E-state index in [9.17, 15) is 19.2 Å². The molecule has 3 aliphatic rings. The average molecular weight is 713 g/mol. The molecule has 3 aromatic carbocycles. The van der Waals surface area contributed by atoms with Gasteiger partial charge < -0.3 is 30.3 Å². The van der Waals surface area contributed by atoms with Crippen molar-refractivity contribution in [1.82, 2.24) is 20.9 Å². The number of unbranched alkanes of at least 4 members (excludes halogenated alkanes) is 1. The Balaban J connectivity index is 1.01. The fourth-order valence-corrected chi connectivity index (χ4v) is 8.43. The number of rotatable bonds is 11. The second kappa shape index (κ2) is 16.2. The van der Waals surface area contributed by atoms with Gasteiger partial charge in [0.1, 0.15) is 24.3 Å². The van der Waals surface area contributed by atoms with E-state index in [-0.39, 0.29) is 30.4 Å². The van der Waals surface area contributed by atoms with Crippen LogP contribution in [0.3, 0.4) is 0 Å². The van der Waals surface area contributed by atoms with Crippen molar-refractivity contribution in [3.63, 3.8) is 0 Å². The predicted octanol–water partition coefficient (Wildman–Crippen LogP) is 6.68. The van der Waals surface area contributed by atoms with Crippen LogP contribution in [0.4, 0.5) is 9.59 Å². The lowest BCUT2D eigenvalue weighted by atomic mass is 9.87. The monoisotopic (exact) mass is 712 g/mol. The molecular formula is C40H48N4O6S. The molecule has 2 aliphatic carbocycles. The van der Waals surface area contributed by atoms with Gasteiger partial charge in [-0.15, -0.1) is 11.8 Å². The van der Waals surface area contributed by atoms with Crippen molar-refractivity contribution in [3.8, 4) is 11.1 Å². The molecule has 1 aliphatic heterocycles. The molecular weight excluding hydrogens is 665 g/mol. The number of fused-ring (bicyclic) bond motifs is 4. The van der Waals surface area contributed by atoms with E-state index in [1.54, 1.807) is 25.7 Å².